The van der Waals surface area contributed by atoms with Crippen molar-refractivity contribution in [1.29, 1.82) is 5.26 Å². The van der Waals surface area contributed by atoms with Crippen LogP contribution < -0.4 is 16.6 Å². The molecule has 12 heteroatoms. The number of carboxylic acid groups (broad SMARTS) is 1. The number of aromatic nitrogens is 2. The van der Waals surface area contributed by atoms with Gasteiger partial charge >= 0.3 is 11.7 Å². The van der Waals surface area contributed by atoms with Gasteiger partial charge in [0.1, 0.15) is 17.2 Å². The molecule has 1 spiro atoms. The van der Waals surface area contributed by atoms with E-state index in [1.54, 1.807) is 6.07 Å². The van der Waals surface area contributed by atoms with Crippen molar-refractivity contribution in [3.05, 3.63) is 139 Å². The topological polar surface area (TPSA) is 130 Å². The predicted octanol–water partition coefficient (Wildman–Crippen LogP) is 4.43. The minimum Gasteiger partial charge on any atom is -0.481 e. The summed E-state index contributed by atoms with van der Waals surface area (Å²) < 4.78 is 38.7. The Morgan fingerprint density at radius 1 is 0.980 bits per heavy atom. The third-order valence-electron chi connectivity index (χ3n) is 9.51. The summed E-state index contributed by atoms with van der Waals surface area (Å²) in [6, 6.07) is 21.8. The highest BCUT2D eigenvalue weighted by Crippen LogP contribution is 2.42. The van der Waals surface area contributed by atoms with E-state index in [0.29, 0.717) is 62.3 Å². The number of carboxylic acids is 1. The summed E-state index contributed by atoms with van der Waals surface area (Å²) in [6.45, 7) is 1.50. The minimum absolute atomic E-state index is 0.0467. The van der Waals surface area contributed by atoms with E-state index in [2.05, 4.69) is 16.3 Å². The first-order valence-corrected chi connectivity index (χ1v) is 16.3. The quantitative estimate of drug-likeness (QED) is 0.212. The van der Waals surface area contributed by atoms with Crippen molar-refractivity contribution in [2.24, 2.45) is 0 Å². The monoisotopic (exact) mass is 669 g/mol. The van der Waals surface area contributed by atoms with Crippen molar-refractivity contribution in [2.45, 2.75) is 63.6 Å². The molecule has 0 aliphatic carbocycles. The Bertz CT molecular complexity index is 1980. The summed E-state index contributed by atoms with van der Waals surface area (Å²) in [5.74, 6) is -2.53. The first kappa shape index (κ1) is 33.9. The van der Waals surface area contributed by atoms with E-state index >= 15 is 0 Å². The molecule has 3 aromatic carbocycles. The van der Waals surface area contributed by atoms with E-state index in [9.17, 15) is 28.4 Å². The molecule has 0 amide bonds. The van der Waals surface area contributed by atoms with E-state index in [1.165, 1.54) is 10.6 Å². The number of nitrogens with one attached hydrogen (secondary N) is 1. The summed E-state index contributed by atoms with van der Waals surface area (Å²) in [5, 5.41) is 21.7. The van der Waals surface area contributed by atoms with Crippen molar-refractivity contribution in [2.75, 3.05) is 19.6 Å². The van der Waals surface area contributed by atoms with Gasteiger partial charge in [-0.25, -0.2) is 13.6 Å². The number of aliphatic carboxylic acids is 1. The van der Waals surface area contributed by atoms with Crippen LogP contribution >= 0.6 is 0 Å². The van der Waals surface area contributed by atoms with Gasteiger partial charge in [-0.2, -0.15) is 5.26 Å². The van der Waals surface area contributed by atoms with Crippen LogP contribution in [0.3, 0.4) is 0 Å². The van der Waals surface area contributed by atoms with Gasteiger partial charge in [0.25, 0.3) is 5.56 Å². The average Bonchev–Trinajstić information content (AvgIpc) is 3.47. The zero-order valence-electron chi connectivity index (χ0n) is 26.9. The Kier molecular flexibility index (Phi) is 10.1. The number of ether oxygens (including phenoxy) is 1. The van der Waals surface area contributed by atoms with E-state index in [1.807, 2.05) is 48.5 Å². The van der Waals surface area contributed by atoms with Crippen LogP contribution in [-0.2, 0) is 41.4 Å². The van der Waals surface area contributed by atoms with E-state index in [4.69, 9.17) is 9.84 Å². The molecular formula is C37H37F2N5O5. The summed E-state index contributed by atoms with van der Waals surface area (Å²) in [5.41, 5.74) is 0.487. The van der Waals surface area contributed by atoms with Gasteiger partial charge in [0, 0.05) is 31.6 Å². The second-order valence-electron chi connectivity index (χ2n) is 12.6. The van der Waals surface area contributed by atoms with Gasteiger partial charge in [-0.3, -0.25) is 23.6 Å². The zero-order chi connectivity index (χ0) is 34.5. The lowest BCUT2D eigenvalue weighted by atomic mass is 9.85. The SMILES string of the molecule is N#Cc1cccc(CN2CCC3(CC2)OCc2c3c(=O)n(C[C@H](NCCCC(=O)O)c3ccccc3)c(=O)n2Cc2c(F)cccc2F)c1. The smallest absolute Gasteiger partial charge is 0.331 e. The molecule has 4 aromatic rings. The van der Waals surface area contributed by atoms with Crippen LogP contribution in [0.5, 0.6) is 0 Å². The average molecular weight is 670 g/mol. The Labute approximate surface area is 281 Å². The van der Waals surface area contributed by atoms with E-state index in [0.717, 1.165) is 27.8 Å². The highest BCUT2D eigenvalue weighted by Gasteiger charge is 2.47. The van der Waals surface area contributed by atoms with Gasteiger partial charge in [0.15, 0.2) is 0 Å². The van der Waals surface area contributed by atoms with Crippen LogP contribution in [0, 0.1) is 23.0 Å². The Morgan fingerprint density at radius 3 is 2.39 bits per heavy atom. The molecule has 2 aliphatic rings. The standard InChI is InChI=1S/C37H37F2N5O5/c38-29-11-5-12-30(39)28(29)22-43-32-24-49-37(14-17-42(18-15-37)21-26-8-4-7-25(19-26)20-40)34(32)35(47)44(36(43)48)23-31(27-9-2-1-3-10-27)41-16-6-13-33(45)46/h1-5,7-12,19,31,41H,6,13-18,21-24H2,(H,45,46)/t31-/m0/s1. The fourth-order valence-corrected chi connectivity index (χ4v) is 6.93. The van der Waals surface area contributed by atoms with Gasteiger partial charge in [-0.1, -0.05) is 48.5 Å². The fourth-order valence-electron chi connectivity index (χ4n) is 6.93. The number of benzene rings is 3. The number of hydrogen-bond acceptors (Lipinski definition) is 7. The lowest BCUT2D eigenvalue weighted by Gasteiger charge is -2.39. The third kappa shape index (κ3) is 7.24. The maximum absolute atomic E-state index is 14.9. The van der Waals surface area contributed by atoms with Gasteiger partial charge in [0.05, 0.1) is 48.6 Å². The fraction of sp³-hybridized carbons (Fsp3) is 0.351. The zero-order valence-corrected chi connectivity index (χ0v) is 26.9. The molecule has 0 bridgehead atoms. The van der Waals surface area contributed by atoms with Crippen LogP contribution in [0.2, 0.25) is 0 Å². The van der Waals surface area contributed by atoms with Crippen LogP contribution in [-0.4, -0.2) is 44.7 Å². The molecule has 254 valence electrons. The number of rotatable bonds is 12. The van der Waals surface area contributed by atoms with Crippen LogP contribution in [0.1, 0.15) is 65.2 Å². The number of piperidine rings is 1. The summed E-state index contributed by atoms with van der Waals surface area (Å²) >= 11 is 0. The first-order chi connectivity index (χ1) is 23.7. The summed E-state index contributed by atoms with van der Waals surface area (Å²) in [6.07, 6.45) is 1.20. The summed E-state index contributed by atoms with van der Waals surface area (Å²) in [4.78, 5) is 42.1. The van der Waals surface area contributed by atoms with E-state index < -0.39 is 47.0 Å². The lowest BCUT2D eigenvalue weighted by Crippen LogP contribution is -2.50. The predicted molar refractivity (Wildman–Crippen MR) is 177 cm³/mol. The molecule has 1 atom stereocenters. The molecule has 2 N–H and O–H groups in total. The molecule has 0 radical (unpaired) electrons. The second kappa shape index (κ2) is 14.7. The summed E-state index contributed by atoms with van der Waals surface area (Å²) in [7, 11) is 0. The van der Waals surface area contributed by atoms with Crippen molar-refractivity contribution in [3.8, 4) is 6.07 Å². The van der Waals surface area contributed by atoms with Crippen LogP contribution in [0.25, 0.3) is 0 Å². The number of fused-ring (bicyclic) bond motifs is 2. The Balaban J connectivity index is 1.38. The van der Waals surface area contributed by atoms with Crippen molar-refractivity contribution >= 4 is 5.97 Å². The molecule has 2 aliphatic heterocycles. The van der Waals surface area contributed by atoms with Gasteiger partial charge in [-0.15, -0.1) is 0 Å². The van der Waals surface area contributed by atoms with Gasteiger partial charge < -0.3 is 15.2 Å². The number of carbonyl (C=O) groups is 1. The molecule has 0 saturated carbocycles. The molecule has 0 unspecified atom stereocenters. The first-order valence-electron chi connectivity index (χ1n) is 16.3. The molecule has 1 saturated heterocycles. The molecule has 10 nitrogen and oxygen atoms in total. The Hall–Kier alpha value is -4.96. The molecule has 49 heavy (non-hydrogen) atoms. The molecular weight excluding hydrogens is 632 g/mol. The van der Waals surface area contributed by atoms with Crippen LogP contribution in [0.4, 0.5) is 8.78 Å². The number of nitriles is 1. The number of halogens is 2. The molecule has 1 fully saturated rings. The lowest BCUT2D eigenvalue weighted by molar-refractivity contribution is -0.137. The van der Waals surface area contributed by atoms with E-state index in [-0.39, 0.29) is 25.1 Å². The second-order valence-corrected chi connectivity index (χ2v) is 12.6. The molecule has 3 heterocycles. The highest BCUT2D eigenvalue weighted by molar-refractivity contribution is 5.66. The van der Waals surface area contributed by atoms with Crippen molar-refractivity contribution in [1.82, 2.24) is 19.4 Å². The Morgan fingerprint density at radius 2 is 1.69 bits per heavy atom. The number of likely N-dealkylation sites (tertiary alicyclic amines) is 1. The van der Waals surface area contributed by atoms with Crippen molar-refractivity contribution < 1.29 is 23.4 Å². The number of hydrogen-bond donors (Lipinski definition) is 2. The van der Waals surface area contributed by atoms with Gasteiger partial charge in [0.2, 0.25) is 0 Å². The maximum atomic E-state index is 14.9. The maximum Gasteiger partial charge on any atom is 0.331 e. The molecule has 6 rings (SSSR count). The van der Waals surface area contributed by atoms with Gasteiger partial charge in [-0.05, 0) is 61.2 Å². The van der Waals surface area contributed by atoms with Crippen molar-refractivity contribution in [3.63, 3.8) is 0 Å². The largest absolute Gasteiger partial charge is 0.481 e. The minimum atomic E-state index is -1.00. The molecule has 1 aromatic heterocycles. The van der Waals surface area contributed by atoms with Crippen LogP contribution in [0.15, 0.2) is 82.4 Å². The highest BCUT2D eigenvalue weighted by atomic mass is 19.1. The normalized spacial score (nSPS) is 15.9. The number of nitrogens with zero attached hydrogens (tertiary/aromatic N) is 4. The third-order valence-corrected chi connectivity index (χ3v) is 9.51.